The number of para-hydroxylation sites is 1. The van der Waals surface area contributed by atoms with Crippen LogP contribution in [0.3, 0.4) is 0 Å². The largest absolute Gasteiger partial charge is 0.387 e. The summed E-state index contributed by atoms with van der Waals surface area (Å²) in [5.74, 6) is 0. The van der Waals surface area contributed by atoms with E-state index in [1.165, 1.54) is 18.4 Å². The first-order chi connectivity index (χ1) is 5.88. The molecule has 12 heavy (non-hydrogen) atoms. The van der Waals surface area contributed by atoms with Gasteiger partial charge in [-0.05, 0) is 18.4 Å². The van der Waals surface area contributed by atoms with Crippen molar-refractivity contribution in [1.29, 1.82) is 0 Å². The Bertz CT molecular complexity index is 230. The number of hydrogen-bond acceptors (Lipinski definition) is 1. The fourth-order valence-corrected chi connectivity index (χ4v) is 1.28. The highest BCUT2D eigenvalue weighted by Gasteiger charge is 1.97. The van der Waals surface area contributed by atoms with E-state index in [4.69, 9.17) is 0 Å². The van der Waals surface area contributed by atoms with E-state index in [1.54, 1.807) is 0 Å². The molecular weight excluding hydrogens is 146 g/mol. The topological polar surface area (TPSA) is 12.0 Å². The molecule has 0 saturated heterocycles. The molecule has 0 amide bonds. The van der Waals surface area contributed by atoms with Gasteiger partial charge in [-0.1, -0.05) is 31.5 Å². The number of rotatable bonds is 4. The number of benzene rings is 1. The first kappa shape index (κ1) is 9.11. The van der Waals surface area contributed by atoms with Gasteiger partial charge in [-0.2, -0.15) is 0 Å². The van der Waals surface area contributed by atoms with Crippen LogP contribution in [0.25, 0.3) is 0 Å². The molecule has 1 N–H and O–H groups in total. The van der Waals surface area contributed by atoms with E-state index < -0.39 is 0 Å². The zero-order valence-electron chi connectivity index (χ0n) is 7.85. The van der Waals surface area contributed by atoms with Crippen molar-refractivity contribution < 1.29 is 0 Å². The lowest BCUT2D eigenvalue weighted by atomic mass is 10.1. The molecule has 1 radical (unpaired) electrons. The number of aryl methyl sites for hydroxylation is 1. The molecular formula is C11H16N. The third-order valence-corrected chi connectivity index (χ3v) is 1.99. The van der Waals surface area contributed by atoms with Crippen LogP contribution in [0.1, 0.15) is 25.3 Å². The molecule has 0 bridgehead atoms. The first-order valence-electron chi connectivity index (χ1n) is 4.55. The maximum atomic E-state index is 3.18. The van der Waals surface area contributed by atoms with Crippen molar-refractivity contribution in [2.24, 2.45) is 0 Å². The Kier molecular flexibility index (Phi) is 3.65. The second-order valence-corrected chi connectivity index (χ2v) is 2.92. The molecule has 0 aromatic heterocycles. The van der Waals surface area contributed by atoms with Gasteiger partial charge in [0.05, 0.1) is 0 Å². The van der Waals surface area contributed by atoms with Crippen LogP contribution in [0.2, 0.25) is 0 Å². The summed E-state index contributed by atoms with van der Waals surface area (Å²) in [5, 5.41) is 3.15. The quantitative estimate of drug-likeness (QED) is 0.717. The second kappa shape index (κ2) is 4.81. The summed E-state index contributed by atoms with van der Waals surface area (Å²) in [5.41, 5.74) is 2.52. The zero-order valence-corrected chi connectivity index (χ0v) is 7.85. The maximum Gasteiger partial charge on any atom is 0.0450 e. The van der Waals surface area contributed by atoms with Crippen molar-refractivity contribution in [2.45, 2.75) is 26.2 Å². The molecule has 0 aliphatic rings. The first-order valence-corrected chi connectivity index (χ1v) is 4.55. The van der Waals surface area contributed by atoms with Crippen LogP contribution in [-0.2, 0) is 6.42 Å². The normalized spacial score (nSPS) is 9.83. The van der Waals surface area contributed by atoms with Crippen LogP contribution in [0.15, 0.2) is 18.2 Å². The van der Waals surface area contributed by atoms with Gasteiger partial charge in [-0.25, -0.2) is 0 Å². The number of anilines is 1. The van der Waals surface area contributed by atoms with Crippen molar-refractivity contribution in [3.05, 3.63) is 29.8 Å². The summed E-state index contributed by atoms with van der Waals surface area (Å²) in [6.45, 7) is 2.21. The van der Waals surface area contributed by atoms with Crippen LogP contribution >= 0.6 is 0 Å². The average Bonchev–Trinajstić information content (AvgIpc) is 2.15. The lowest BCUT2D eigenvalue weighted by Crippen LogP contribution is -1.95. The summed E-state index contributed by atoms with van der Waals surface area (Å²) >= 11 is 0. The van der Waals surface area contributed by atoms with E-state index in [0.29, 0.717) is 0 Å². The molecule has 65 valence electrons. The SMILES string of the molecule is CCCCc1ccc[c]c1NC. The monoisotopic (exact) mass is 162 g/mol. The van der Waals surface area contributed by atoms with Gasteiger partial charge in [0.2, 0.25) is 0 Å². The number of hydrogen-bond donors (Lipinski definition) is 1. The lowest BCUT2D eigenvalue weighted by molar-refractivity contribution is 0.796. The van der Waals surface area contributed by atoms with E-state index in [1.807, 2.05) is 19.2 Å². The molecule has 0 saturated carbocycles. The van der Waals surface area contributed by atoms with Crippen LogP contribution < -0.4 is 5.32 Å². The van der Waals surface area contributed by atoms with Gasteiger partial charge >= 0.3 is 0 Å². The third-order valence-electron chi connectivity index (χ3n) is 1.99. The minimum Gasteiger partial charge on any atom is -0.387 e. The summed E-state index contributed by atoms with van der Waals surface area (Å²) in [6.07, 6.45) is 3.66. The molecule has 1 aromatic carbocycles. The minimum absolute atomic E-state index is 1.14. The fourth-order valence-electron chi connectivity index (χ4n) is 1.28. The number of unbranched alkanes of at least 4 members (excludes halogenated alkanes) is 1. The molecule has 0 unspecified atom stereocenters. The van der Waals surface area contributed by atoms with E-state index in [0.717, 1.165) is 12.1 Å². The van der Waals surface area contributed by atoms with E-state index in [-0.39, 0.29) is 0 Å². The van der Waals surface area contributed by atoms with Gasteiger partial charge < -0.3 is 5.32 Å². The Morgan fingerprint density at radius 1 is 1.50 bits per heavy atom. The summed E-state index contributed by atoms with van der Waals surface area (Å²) in [4.78, 5) is 0. The van der Waals surface area contributed by atoms with Crippen LogP contribution in [0, 0.1) is 6.07 Å². The van der Waals surface area contributed by atoms with E-state index in [9.17, 15) is 0 Å². The smallest absolute Gasteiger partial charge is 0.0450 e. The van der Waals surface area contributed by atoms with Crippen LogP contribution in [0.4, 0.5) is 5.69 Å². The Morgan fingerprint density at radius 3 is 3.00 bits per heavy atom. The lowest BCUT2D eigenvalue weighted by Gasteiger charge is -2.06. The standard InChI is InChI=1S/C11H16N/c1-3-4-7-10-8-5-6-9-11(10)12-2/h5-6,8,12H,3-4,7H2,1-2H3. The predicted molar refractivity (Wildman–Crippen MR) is 53.4 cm³/mol. The second-order valence-electron chi connectivity index (χ2n) is 2.92. The van der Waals surface area contributed by atoms with Gasteiger partial charge in [0.1, 0.15) is 0 Å². The minimum atomic E-state index is 1.14. The van der Waals surface area contributed by atoms with Crippen molar-refractivity contribution in [3.8, 4) is 0 Å². The zero-order chi connectivity index (χ0) is 8.81. The van der Waals surface area contributed by atoms with Crippen molar-refractivity contribution in [3.63, 3.8) is 0 Å². The molecule has 1 aromatic rings. The van der Waals surface area contributed by atoms with Gasteiger partial charge in [0.15, 0.2) is 0 Å². The Hall–Kier alpha value is -0.980. The highest BCUT2D eigenvalue weighted by molar-refractivity contribution is 5.49. The molecule has 1 nitrogen and oxygen atoms in total. The maximum absolute atomic E-state index is 3.18. The van der Waals surface area contributed by atoms with Gasteiger partial charge in [-0.3, -0.25) is 0 Å². The number of nitrogens with one attached hydrogen (secondary N) is 1. The Morgan fingerprint density at radius 2 is 2.33 bits per heavy atom. The highest BCUT2D eigenvalue weighted by Crippen LogP contribution is 2.15. The van der Waals surface area contributed by atoms with Gasteiger partial charge in [-0.15, -0.1) is 0 Å². The summed E-state index contributed by atoms with van der Waals surface area (Å²) < 4.78 is 0. The van der Waals surface area contributed by atoms with Crippen LogP contribution in [0.5, 0.6) is 0 Å². The molecule has 0 fully saturated rings. The Balaban J connectivity index is 2.68. The van der Waals surface area contributed by atoms with Gasteiger partial charge in [0.25, 0.3) is 0 Å². The highest BCUT2D eigenvalue weighted by atomic mass is 14.8. The fraction of sp³-hybridized carbons (Fsp3) is 0.455. The van der Waals surface area contributed by atoms with Crippen molar-refractivity contribution >= 4 is 5.69 Å². The molecule has 1 heteroatoms. The average molecular weight is 162 g/mol. The molecule has 0 aliphatic heterocycles. The van der Waals surface area contributed by atoms with Crippen molar-refractivity contribution in [1.82, 2.24) is 0 Å². The van der Waals surface area contributed by atoms with E-state index in [2.05, 4.69) is 24.4 Å². The Labute approximate surface area is 74.8 Å². The van der Waals surface area contributed by atoms with Crippen molar-refractivity contribution in [2.75, 3.05) is 12.4 Å². The predicted octanol–water partition coefficient (Wildman–Crippen LogP) is 2.87. The van der Waals surface area contributed by atoms with E-state index >= 15 is 0 Å². The molecule has 0 spiro atoms. The third kappa shape index (κ3) is 2.26. The molecule has 0 heterocycles. The molecule has 0 aliphatic carbocycles. The molecule has 1 rings (SSSR count). The summed E-state index contributed by atoms with van der Waals surface area (Å²) in [6, 6.07) is 9.34. The van der Waals surface area contributed by atoms with Crippen LogP contribution in [-0.4, -0.2) is 7.05 Å². The summed E-state index contributed by atoms with van der Waals surface area (Å²) in [7, 11) is 1.95. The van der Waals surface area contributed by atoms with Gasteiger partial charge in [0, 0.05) is 18.8 Å². The molecule has 0 atom stereocenters.